The number of amides is 2. The second-order valence-electron chi connectivity index (χ2n) is 4.23. The molecule has 0 aliphatic heterocycles. The molecule has 3 N–H and O–H groups in total. The lowest BCUT2D eigenvalue weighted by molar-refractivity contribution is -0.115. The summed E-state index contributed by atoms with van der Waals surface area (Å²) in [5.74, 6) is -0.296. The average molecular weight is 394 g/mol. The Morgan fingerprint density at radius 3 is 2.61 bits per heavy atom. The van der Waals surface area contributed by atoms with Gasteiger partial charge in [0.2, 0.25) is 5.91 Å². The number of hydrogen-bond acceptors (Lipinski definition) is 4. The van der Waals surface area contributed by atoms with E-state index in [2.05, 4.69) is 32.1 Å². The monoisotopic (exact) mass is 393 g/mol. The number of furan rings is 1. The highest BCUT2D eigenvalue weighted by Gasteiger charge is 2.09. The molecule has 23 heavy (non-hydrogen) atoms. The topological polar surface area (TPSA) is 83.4 Å². The molecule has 0 unspecified atom stereocenters. The van der Waals surface area contributed by atoms with E-state index < -0.39 is 5.91 Å². The zero-order valence-electron chi connectivity index (χ0n) is 11.7. The standard InChI is InChI=1S/C15H12BrN3O3S/c16-12-6-2-1-5-11(12)14(21)18-19-15(23)17-13(20)8-7-10-4-3-9-22-10/h1-9H,(H,18,21)(H2,17,19,20,23). The van der Waals surface area contributed by atoms with Crippen molar-refractivity contribution in [2.24, 2.45) is 0 Å². The molecule has 2 aromatic rings. The van der Waals surface area contributed by atoms with E-state index in [-0.39, 0.29) is 11.0 Å². The second kappa shape index (κ2) is 8.25. The number of halogens is 1. The predicted octanol–water partition coefficient (Wildman–Crippen LogP) is 2.39. The number of carbonyl (C=O) groups excluding carboxylic acids is 2. The maximum Gasteiger partial charge on any atom is 0.270 e. The third kappa shape index (κ3) is 5.35. The van der Waals surface area contributed by atoms with E-state index in [4.69, 9.17) is 16.6 Å². The van der Waals surface area contributed by atoms with Gasteiger partial charge in [-0.05, 0) is 58.5 Å². The minimum atomic E-state index is -0.450. The quantitative estimate of drug-likeness (QED) is 0.423. The Balaban J connectivity index is 1.80. The highest BCUT2D eigenvalue weighted by Crippen LogP contribution is 2.15. The van der Waals surface area contributed by atoms with Crippen LogP contribution < -0.4 is 16.2 Å². The smallest absolute Gasteiger partial charge is 0.270 e. The summed E-state index contributed by atoms with van der Waals surface area (Å²) in [6, 6.07) is 10.3. The van der Waals surface area contributed by atoms with Crippen LogP contribution in [0.3, 0.4) is 0 Å². The van der Waals surface area contributed by atoms with E-state index >= 15 is 0 Å². The lowest BCUT2D eigenvalue weighted by atomic mass is 10.2. The molecule has 0 saturated heterocycles. The Hall–Kier alpha value is -2.45. The molecule has 0 fully saturated rings. The van der Waals surface area contributed by atoms with Crippen LogP contribution in [0, 0.1) is 0 Å². The van der Waals surface area contributed by atoms with Crippen molar-refractivity contribution in [3.05, 3.63) is 64.5 Å². The molecule has 1 aromatic heterocycles. The molecule has 118 valence electrons. The van der Waals surface area contributed by atoms with Crippen LogP contribution in [0.5, 0.6) is 0 Å². The fourth-order valence-corrected chi connectivity index (χ4v) is 2.17. The van der Waals surface area contributed by atoms with Crippen LogP contribution in [0.25, 0.3) is 6.08 Å². The second-order valence-corrected chi connectivity index (χ2v) is 5.49. The third-order valence-electron chi connectivity index (χ3n) is 2.59. The van der Waals surface area contributed by atoms with Crippen LogP contribution in [-0.4, -0.2) is 16.9 Å². The molecule has 0 radical (unpaired) electrons. The number of hydrazine groups is 1. The summed E-state index contributed by atoms with van der Waals surface area (Å²) in [5.41, 5.74) is 5.29. The van der Waals surface area contributed by atoms with Crippen molar-refractivity contribution in [1.82, 2.24) is 16.2 Å². The van der Waals surface area contributed by atoms with E-state index in [0.29, 0.717) is 15.8 Å². The lowest BCUT2D eigenvalue weighted by Crippen LogP contribution is -2.48. The first-order valence-corrected chi connectivity index (χ1v) is 7.64. The molecule has 2 rings (SSSR count). The fourth-order valence-electron chi connectivity index (χ4n) is 1.55. The lowest BCUT2D eigenvalue weighted by Gasteiger charge is -2.10. The Bertz CT molecular complexity index is 744. The zero-order valence-corrected chi connectivity index (χ0v) is 14.1. The van der Waals surface area contributed by atoms with Gasteiger partial charge in [-0.25, -0.2) is 0 Å². The van der Waals surface area contributed by atoms with Gasteiger partial charge >= 0.3 is 0 Å². The van der Waals surface area contributed by atoms with Gasteiger partial charge in [0.15, 0.2) is 5.11 Å². The van der Waals surface area contributed by atoms with Gasteiger partial charge in [-0.2, -0.15) is 0 Å². The number of rotatable bonds is 3. The van der Waals surface area contributed by atoms with Crippen molar-refractivity contribution < 1.29 is 14.0 Å². The van der Waals surface area contributed by atoms with Crippen molar-refractivity contribution in [3.8, 4) is 0 Å². The molecule has 6 nitrogen and oxygen atoms in total. The normalized spacial score (nSPS) is 10.3. The van der Waals surface area contributed by atoms with Gasteiger partial charge in [0.25, 0.3) is 5.91 Å². The fraction of sp³-hybridized carbons (Fsp3) is 0. The summed E-state index contributed by atoms with van der Waals surface area (Å²) in [7, 11) is 0. The third-order valence-corrected chi connectivity index (χ3v) is 3.48. The van der Waals surface area contributed by atoms with Gasteiger partial charge in [0, 0.05) is 10.5 Å². The summed E-state index contributed by atoms with van der Waals surface area (Å²) < 4.78 is 5.70. The molecule has 8 heteroatoms. The van der Waals surface area contributed by atoms with Crippen LogP contribution in [0.4, 0.5) is 0 Å². The minimum absolute atomic E-state index is 0.0282. The van der Waals surface area contributed by atoms with Crippen LogP contribution in [-0.2, 0) is 4.79 Å². The Morgan fingerprint density at radius 1 is 1.13 bits per heavy atom. The number of nitrogens with one attached hydrogen (secondary N) is 3. The molecule has 0 saturated carbocycles. The number of benzene rings is 1. The van der Waals surface area contributed by atoms with Crippen molar-refractivity contribution in [2.75, 3.05) is 0 Å². The highest BCUT2D eigenvalue weighted by molar-refractivity contribution is 9.10. The summed E-state index contributed by atoms with van der Waals surface area (Å²) in [6.07, 6.45) is 4.26. The summed E-state index contributed by atoms with van der Waals surface area (Å²) in [4.78, 5) is 23.6. The van der Waals surface area contributed by atoms with Crippen molar-refractivity contribution in [3.63, 3.8) is 0 Å². The average Bonchev–Trinajstić information content (AvgIpc) is 3.04. The van der Waals surface area contributed by atoms with Crippen molar-refractivity contribution >= 4 is 51.2 Å². The van der Waals surface area contributed by atoms with Crippen LogP contribution in [0.15, 0.2) is 57.6 Å². The van der Waals surface area contributed by atoms with Gasteiger partial charge in [0.05, 0.1) is 11.8 Å². The maximum absolute atomic E-state index is 11.9. The van der Waals surface area contributed by atoms with Gasteiger partial charge < -0.3 is 4.42 Å². The largest absolute Gasteiger partial charge is 0.465 e. The molecule has 1 heterocycles. The van der Waals surface area contributed by atoms with Gasteiger partial charge in [-0.15, -0.1) is 0 Å². The first kappa shape index (κ1) is 16.9. The summed E-state index contributed by atoms with van der Waals surface area (Å²) >= 11 is 8.19. The first-order valence-electron chi connectivity index (χ1n) is 6.43. The SMILES string of the molecule is O=C(C=Cc1ccco1)NC(=S)NNC(=O)c1ccccc1Br. The van der Waals surface area contributed by atoms with Crippen LogP contribution >= 0.6 is 28.1 Å². The summed E-state index contributed by atoms with van der Waals surface area (Å²) in [6.45, 7) is 0. The molecule has 1 aromatic carbocycles. The minimum Gasteiger partial charge on any atom is -0.465 e. The predicted molar refractivity (Wildman–Crippen MR) is 93.2 cm³/mol. The van der Waals surface area contributed by atoms with Crippen LogP contribution in [0.1, 0.15) is 16.1 Å². The Labute approximate surface area is 146 Å². The van der Waals surface area contributed by atoms with E-state index in [1.165, 1.54) is 18.4 Å². The van der Waals surface area contributed by atoms with Crippen molar-refractivity contribution in [1.29, 1.82) is 0 Å². The van der Waals surface area contributed by atoms with E-state index in [9.17, 15) is 9.59 Å². The summed E-state index contributed by atoms with van der Waals surface area (Å²) in [5, 5.41) is 2.36. The molecule has 0 atom stereocenters. The molecular formula is C15H12BrN3O3S. The number of hydrogen-bond donors (Lipinski definition) is 3. The van der Waals surface area contributed by atoms with Gasteiger partial charge in [-0.1, -0.05) is 12.1 Å². The molecule has 0 spiro atoms. The van der Waals surface area contributed by atoms with E-state index in [1.807, 2.05) is 0 Å². The van der Waals surface area contributed by atoms with Gasteiger partial charge in [-0.3, -0.25) is 25.8 Å². The first-order chi connectivity index (χ1) is 11.1. The van der Waals surface area contributed by atoms with E-state index in [1.54, 1.807) is 36.4 Å². The zero-order chi connectivity index (χ0) is 16.7. The number of thiocarbonyl (C=S) groups is 1. The molecule has 0 aliphatic carbocycles. The molecular weight excluding hydrogens is 382 g/mol. The molecule has 0 bridgehead atoms. The Kier molecular flexibility index (Phi) is 6.07. The maximum atomic E-state index is 11.9. The highest BCUT2D eigenvalue weighted by atomic mass is 79.9. The van der Waals surface area contributed by atoms with Gasteiger partial charge in [0.1, 0.15) is 5.76 Å². The van der Waals surface area contributed by atoms with E-state index in [0.717, 1.165) is 0 Å². The van der Waals surface area contributed by atoms with Crippen molar-refractivity contribution in [2.45, 2.75) is 0 Å². The molecule has 2 amide bonds. The van der Waals surface area contributed by atoms with Crippen LogP contribution in [0.2, 0.25) is 0 Å². The number of carbonyl (C=O) groups is 2. The molecule has 0 aliphatic rings. The Morgan fingerprint density at radius 2 is 1.91 bits per heavy atom.